The van der Waals surface area contributed by atoms with Crippen molar-refractivity contribution in [3.05, 3.63) is 42.5 Å². The standard InChI is InChI=1S/C20H25NO2/c1-2-7-23-18-5-3-17(4-6-18)19(22)21-20-11-14-8-15(12-20)10-16(9-14)13-20/h2-6,14-16H,1,7-13H2,(H,21,22). The van der Waals surface area contributed by atoms with Gasteiger partial charge in [-0.05, 0) is 80.5 Å². The van der Waals surface area contributed by atoms with E-state index < -0.39 is 0 Å². The lowest BCUT2D eigenvalue weighted by Gasteiger charge is -2.56. The van der Waals surface area contributed by atoms with E-state index in [9.17, 15) is 4.79 Å². The normalized spacial score (nSPS) is 34.2. The lowest BCUT2D eigenvalue weighted by atomic mass is 9.53. The van der Waals surface area contributed by atoms with Gasteiger partial charge in [-0.2, -0.15) is 0 Å². The van der Waals surface area contributed by atoms with Crippen LogP contribution in [0.4, 0.5) is 0 Å². The van der Waals surface area contributed by atoms with Crippen molar-refractivity contribution >= 4 is 5.91 Å². The average Bonchev–Trinajstić information content (AvgIpc) is 2.51. The topological polar surface area (TPSA) is 38.3 Å². The first-order chi connectivity index (χ1) is 11.2. The number of carbonyl (C=O) groups is 1. The van der Waals surface area contributed by atoms with Crippen molar-refractivity contribution in [1.82, 2.24) is 5.32 Å². The van der Waals surface area contributed by atoms with Gasteiger partial charge in [0.15, 0.2) is 0 Å². The fourth-order valence-corrected chi connectivity index (χ4v) is 5.43. The smallest absolute Gasteiger partial charge is 0.251 e. The van der Waals surface area contributed by atoms with Crippen molar-refractivity contribution in [1.29, 1.82) is 0 Å². The summed E-state index contributed by atoms with van der Waals surface area (Å²) in [5.41, 5.74) is 0.802. The van der Waals surface area contributed by atoms with E-state index in [-0.39, 0.29) is 11.4 Å². The van der Waals surface area contributed by atoms with Gasteiger partial charge in [0.1, 0.15) is 12.4 Å². The molecule has 0 spiro atoms. The zero-order valence-corrected chi connectivity index (χ0v) is 13.6. The third kappa shape index (κ3) is 2.89. The predicted octanol–water partition coefficient (Wildman–Crippen LogP) is 3.95. The molecule has 4 aliphatic rings. The molecule has 0 atom stereocenters. The first kappa shape index (κ1) is 14.8. The zero-order chi connectivity index (χ0) is 15.9. The van der Waals surface area contributed by atoms with E-state index in [1.54, 1.807) is 6.08 Å². The summed E-state index contributed by atoms with van der Waals surface area (Å²) in [4.78, 5) is 12.7. The highest BCUT2D eigenvalue weighted by atomic mass is 16.5. The first-order valence-electron chi connectivity index (χ1n) is 8.82. The summed E-state index contributed by atoms with van der Waals surface area (Å²) < 4.78 is 5.47. The van der Waals surface area contributed by atoms with Crippen molar-refractivity contribution in [2.45, 2.75) is 44.1 Å². The summed E-state index contributed by atoms with van der Waals surface area (Å²) in [6.45, 7) is 4.12. The quantitative estimate of drug-likeness (QED) is 0.836. The Morgan fingerprint density at radius 1 is 1.13 bits per heavy atom. The number of amides is 1. The van der Waals surface area contributed by atoms with Crippen LogP contribution in [0.3, 0.4) is 0 Å². The van der Waals surface area contributed by atoms with Crippen LogP contribution in [0.5, 0.6) is 5.75 Å². The van der Waals surface area contributed by atoms with E-state index in [1.807, 2.05) is 24.3 Å². The van der Waals surface area contributed by atoms with Gasteiger partial charge in [-0.25, -0.2) is 0 Å². The average molecular weight is 311 g/mol. The number of hydrogen-bond acceptors (Lipinski definition) is 2. The van der Waals surface area contributed by atoms with Gasteiger partial charge in [-0.3, -0.25) is 4.79 Å². The number of hydrogen-bond donors (Lipinski definition) is 1. The molecule has 0 radical (unpaired) electrons. The Hall–Kier alpha value is -1.77. The van der Waals surface area contributed by atoms with E-state index in [1.165, 1.54) is 38.5 Å². The summed E-state index contributed by atoms with van der Waals surface area (Å²) in [6.07, 6.45) is 9.45. The van der Waals surface area contributed by atoms with Gasteiger partial charge in [0.25, 0.3) is 5.91 Å². The fourth-order valence-electron chi connectivity index (χ4n) is 5.43. The van der Waals surface area contributed by atoms with Crippen molar-refractivity contribution in [3.8, 4) is 5.75 Å². The summed E-state index contributed by atoms with van der Waals surface area (Å²) in [7, 11) is 0. The first-order valence-corrected chi connectivity index (χ1v) is 8.82. The minimum absolute atomic E-state index is 0.0715. The Labute approximate surface area is 138 Å². The van der Waals surface area contributed by atoms with Crippen LogP contribution in [0.2, 0.25) is 0 Å². The Balaban J connectivity index is 1.44. The molecular weight excluding hydrogens is 286 g/mol. The maximum absolute atomic E-state index is 12.7. The van der Waals surface area contributed by atoms with Crippen LogP contribution in [-0.2, 0) is 0 Å². The van der Waals surface area contributed by atoms with Gasteiger partial charge in [-0.1, -0.05) is 12.7 Å². The SMILES string of the molecule is C=CCOc1ccc(C(=O)NC23CC4CC(CC(C4)C2)C3)cc1. The highest BCUT2D eigenvalue weighted by Crippen LogP contribution is 2.55. The minimum Gasteiger partial charge on any atom is -0.490 e. The summed E-state index contributed by atoms with van der Waals surface area (Å²) >= 11 is 0. The largest absolute Gasteiger partial charge is 0.490 e. The zero-order valence-electron chi connectivity index (χ0n) is 13.6. The number of benzene rings is 1. The van der Waals surface area contributed by atoms with E-state index in [4.69, 9.17) is 4.74 Å². The second-order valence-electron chi connectivity index (χ2n) is 7.78. The van der Waals surface area contributed by atoms with Gasteiger partial charge >= 0.3 is 0 Å². The molecule has 4 fully saturated rings. The summed E-state index contributed by atoms with van der Waals surface area (Å²) in [5.74, 6) is 3.38. The molecular formula is C20H25NO2. The molecule has 1 amide bonds. The van der Waals surface area contributed by atoms with Crippen molar-refractivity contribution < 1.29 is 9.53 Å². The molecule has 1 N–H and O–H groups in total. The van der Waals surface area contributed by atoms with Crippen LogP contribution >= 0.6 is 0 Å². The third-order valence-electron chi connectivity index (χ3n) is 5.90. The minimum atomic E-state index is 0.0715. The van der Waals surface area contributed by atoms with Crippen molar-refractivity contribution in [2.24, 2.45) is 17.8 Å². The molecule has 5 rings (SSSR count). The molecule has 122 valence electrons. The van der Waals surface area contributed by atoms with E-state index >= 15 is 0 Å². The molecule has 3 nitrogen and oxygen atoms in total. The number of carbonyl (C=O) groups excluding carboxylic acids is 1. The highest BCUT2D eigenvalue weighted by molar-refractivity contribution is 5.94. The van der Waals surface area contributed by atoms with Crippen LogP contribution in [-0.4, -0.2) is 18.1 Å². The molecule has 3 heteroatoms. The molecule has 1 aromatic rings. The van der Waals surface area contributed by atoms with Gasteiger partial charge < -0.3 is 10.1 Å². The van der Waals surface area contributed by atoms with Gasteiger partial charge in [0.2, 0.25) is 0 Å². The van der Waals surface area contributed by atoms with E-state index in [0.717, 1.165) is 29.1 Å². The Morgan fingerprint density at radius 3 is 2.22 bits per heavy atom. The predicted molar refractivity (Wildman–Crippen MR) is 90.5 cm³/mol. The van der Waals surface area contributed by atoms with Gasteiger partial charge in [-0.15, -0.1) is 0 Å². The van der Waals surface area contributed by atoms with Crippen LogP contribution < -0.4 is 10.1 Å². The maximum atomic E-state index is 12.7. The number of ether oxygens (including phenoxy) is 1. The maximum Gasteiger partial charge on any atom is 0.251 e. The van der Waals surface area contributed by atoms with E-state index in [0.29, 0.717) is 6.61 Å². The molecule has 0 aromatic heterocycles. The molecule has 4 aliphatic carbocycles. The summed E-state index contributed by atoms with van der Waals surface area (Å²) in [5, 5.41) is 3.41. The fraction of sp³-hybridized carbons (Fsp3) is 0.550. The number of rotatable bonds is 5. The lowest BCUT2D eigenvalue weighted by Crippen LogP contribution is -2.59. The molecule has 0 saturated heterocycles. The Bertz CT molecular complexity index is 569. The second-order valence-corrected chi connectivity index (χ2v) is 7.78. The monoisotopic (exact) mass is 311 g/mol. The second kappa shape index (κ2) is 5.70. The number of nitrogens with one attached hydrogen (secondary N) is 1. The molecule has 1 aromatic carbocycles. The highest BCUT2D eigenvalue weighted by Gasteiger charge is 2.51. The Kier molecular flexibility index (Phi) is 3.67. The van der Waals surface area contributed by atoms with Crippen LogP contribution in [0.1, 0.15) is 48.9 Å². The van der Waals surface area contributed by atoms with Crippen molar-refractivity contribution in [3.63, 3.8) is 0 Å². The van der Waals surface area contributed by atoms with Crippen LogP contribution in [0, 0.1) is 17.8 Å². The molecule has 0 aliphatic heterocycles. The molecule has 0 heterocycles. The molecule has 4 bridgehead atoms. The molecule has 0 unspecified atom stereocenters. The molecule has 4 saturated carbocycles. The Morgan fingerprint density at radius 2 is 1.70 bits per heavy atom. The summed E-state index contributed by atoms with van der Waals surface area (Å²) in [6, 6.07) is 7.43. The van der Waals surface area contributed by atoms with Crippen LogP contribution in [0.25, 0.3) is 0 Å². The van der Waals surface area contributed by atoms with Crippen molar-refractivity contribution in [2.75, 3.05) is 6.61 Å². The molecule has 23 heavy (non-hydrogen) atoms. The third-order valence-corrected chi connectivity index (χ3v) is 5.90. The lowest BCUT2D eigenvalue weighted by molar-refractivity contribution is -0.0167. The van der Waals surface area contributed by atoms with Gasteiger partial charge in [0.05, 0.1) is 0 Å². The van der Waals surface area contributed by atoms with Crippen LogP contribution in [0.15, 0.2) is 36.9 Å². The van der Waals surface area contributed by atoms with E-state index in [2.05, 4.69) is 11.9 Å². The van der Waals surface area contributed by atoms with Gasteiger partial charge in [0, 0.05) is 11.1 Å².